The molecule has 1 aromatic rings. The highest BCUT2D eigenvalue weighted by atomic mass is 35.5. The van der Waals surface area contributed by atoms with Crippen LogP contribution < -0.4 is 0 Å². The maximum absolute atomic E-state index is 11.2. The summed E-state index contributed by atoms with van der Waals surface area (Å²) in [4.78, 5) is 13.5. The van der Waals surface area contributed by atoms with Crippen molar-refractivity contribution in [3.63, 3.8) is 0 Å². The number of fused-ring (bicyclic) bond motifs is 2. The van der Waals surface area contributed by atoms with Gasteiger partial charge in [-0.2, -0.15) is 0 Å². The van der Waals surface area contributed by atoms with Gasteiger partial charge in [-0.3, -0.25) is 9.69 Å². The lowest BCUT2D eigenvalue weighted by Crippen LogP contribution is -2.32. The van der Waals surface area contributed by atoms with Crippen molar-refractivity contribution >= 4 is 29.2 Å². The van der Waals surface area contributed by atoms with Crippen molar-refractivity contribution in [3.8, 4) is 0 Å². The zero-order chi connectivity index (χ0) is 13.6. The third-order valence-corrected chi connectivity index (χ3v) is 4.96. The Morgan fingerprint density at radius 2 is 2.16 bits per heavy atom. The molecule has 0 saturated carbocycles. The summed E-state index contributed by atoms with van der Waals surface area (Å²) in [5.41, 5.74) is 0.983. The average Bonchev–Trinajstić information content (AvgIpc) is 2.91. The van der Waals surface area contributed by atoms with E-state index in [9.17, 15) is 9.90 Å². The van der Waals surface area contributed by atoms with Gasteiger partial charge in [0.1, 0.15) is 0 Å². The summed E-state index contributed by atoms with van der Waals surface area (Å²) >= 11 is 12.2. The minimum absolute atomic E-state index is 0.151. The minimum atomic E-state index is -0.672. The lowest BCUT2D eigenvalue weighted by atomic mass is 9.89. The Kier molecular flexibility index (Phi) is 3.46. The summed E-state index contributed by atoms with van der Waals surface area (Å²) in [5, 5.41) is 10.6. The number of halogens is 2. The van der Waals surface area contributed by atoms with E-state index in [1.807, 2.05) is 6.07 Å². The van der Waals surface area contributed by atoms with Crippen LogP contribution in [0.15, 0.2) is 18.2 Å². The van der Waals surface area contributed by atoms with Crippen LogP contribution in [0.5, 0.6) is 0 Å². The van der Waals surface area contributed by atoms with Crippen molar-refractivity contribution in [2.75, 3.05) is 0 Å². The van der Waals surface area contributed by atoms with Gasteiger partial charge in [0.05, 0.1) is 5.92 Å². The molecule has 3 nitrogen and oxygen atoms in total. The van der Waals surface area contributed by atoms with Crippen molar-refractivity contribution in [3.05, 3.63) is 33.8 Å². The predicted octanol–water partition coefficient (Wildman–Crippen LogP) is 3.43. The highest BCUT2D eigenvalue weighted by molar-refractivity contribution is 6.33. The Bertz CT molecular complexity index is 520. The Hall–Kier alpha value is -0.770. The van der Waals surface area contributed by atoms with Gasteiger partial charge in [-0.1, -0.05) is 23.2 Å². The van der Waals surface area contributed by atoms with E-state index in [1.54, 1.807) is 12.1 Å². The number of rotatable bonds is 3. The van der Waals surface area contributed by atoms with Crippen LogP contribution in [0.25, 0.3) is 0 Å². The smallest absolute Gasteiger partial charge is 0.308 e. The summed E-state index contributed by atoms with van der Waals surface area (Å²) in [6.45, 7) is 0.693. The number of carbonyl (C=O) groups is 1. The van der Waals surface area contributed by atoms with Crippen molar-refractivity contribution < 1.29 is 9.90 Å². The molecular formula is C14H15Cl2NO2. The topological polar surface area (TPSA) is 40.5 Å². The first-order chi connectivity index (χ1) is 9.06. The molecule has 0 aromatic heterocycles. The van der Waals surface area contributed by atoms with Gasteiger partial charge in [-0.05, 0) is 43.0 Å². The highest BCUT2D eigenvalue weighted by Gasteiger charge is 2.49. The number of carboxylic acids is 1. The van der Waals surface area contributed by atoms with Crippen LogP contribution in [-0.2, 0) is 11.3 Å². The van der Waals surface area contributed by atoms with Crippen LogP contribution in [0.3, 0.4) is 0 Å². The second kappa shape index (κ2) is 4.97. The summed E-state index contributed by atoms with van der Waals surface area (Å²) in [6, 6.07) is 5.97. The third kappa shape index (κ3) is 2.35. The number of nitrogens with zero attached hydrogens (tertiary/aromatic N) is 1. The second-order valence-corrected chi connectivity index (χ2v) is 6.23. The van der Waals surface area contributed by atoms with Gasteiger partial charge >= 0.3 is 5.97 Å². The van der Waals surface area contributed by atoms with Gasteiger partial charge in [0.15, 0.2) is 0 Å². The molecule has 0 amide bonds. The van der Waals surface area contributed by atoms with Gasteiger partial charge in [0.2, 0.25) is 0 Å². The van der Waals surface area contributed by atoms with Gasteiger partial charge in [0.25, 0.3) is 0 Å². The SMILES string of the molecule is O=C(O)C1CC2CCC1N2Cc1cc(Cl)ccc1Cl. The van der Waals surface area contributed by atoms with Gasteiger partial charge < -0.3 is 5.11 Å². The molecule has 3 rings (SSSR count). The van der Waals surface area contributed by atoms with Crippen LogP contribution >= 0.6 is 23.2 Å². The monoisotopic (exact) mass is 299 g/mol. The Morgan fingerprint density at radius 3 is 2.84 bits per heavy atom. The van der Waals surface area contributed by atoms with E-state index >= 15 is 0 Å². The maximum atomic E-state index is 11.2. The number of aliphatic carboxylic acids is 1. The highest BCUT2D eigenvalue weighted by Crippen LogP contribution is 2.43. The Morgan fingerprint density at radius 1 is 1.37 bits per heavy atom. The molecule has 2 saturated heterocycles. The van der Waals surface area contributed by atoms with Crippen LogP contribution in [0.2, 0.25) is 10.0 Å². The first-order valence-corrected chi connectivity index (χ1v) is 7.24. The third-order valence-electron chi connectivity index (χ3n) is 4.36. The van der Waals surface area contributed by atoms with E-state index in [2.05, 4.69) is 4.90 Å². The normalized spacial score (nSPS) is 29.9. The van der Waals surface area contributed by atoms with Crippen LogP contribution in [0, 0.1) is 5.92 Å². The van der Waals surface area contributed by atoms with E-state index < -0.39 is 5.97 Å². The fraction of sp³-hybridized carbons (Fsp3) is 0.500. The summed E-state index contributed by atoms with van der Waals surface area (Å²) in [6.07, 6.45) is 2.82. The molecule has 5 heteroatoms. The minimum Gasteiger partial charge on any atom is -0.481 e. The molecule has 3 unspecified atom stereocenters. The standard InChI is InChI=1S/C14H15Cl2NO2/c15-9-1-3-12(16)8(5-9)7-17-10-2-4-13(17)11(6-10)14(18)19/h1,3,5,10-11,13H,2,4,6-7H2,(H,18,19). The van der Waals surface area contributed by atoms with E-state index in [-0.39, 0.29) is 12.0 Å². The molecule has 19 heavy (non-hydrogen) atoms. The quantitative estimate of drug-likeness (QED) is 0.929. The lowest BCUT2D eigenvalue weighted by Gasteiger charge is -2.23. The van der Waals surface area contributed by atoms with Crippen molar-refractivity contribution in [2.45, 2.75) is 37.9 Å². The Balaban J connectivity index is 1.81. The zero-order valence-electron chi connectivity index (χ0n) is 10.4. The number of hydrogen-bond acceptors (Lipinski definition) is 2. The number of hydrogen-bond donors (Lipinski definition) is 1. The Labute approximate surface area is 122 Å². The summed E-state index contributed by atoms with van der Waals surface area (Å²) in [7, 11) is 0. The molecule has 2 bridgehead atoms. The molecule has 1 aromatic carbocycles. The molecule has 2 aliphatic rings. The zero-order valence-corrected chi connectivity index (χ0v) is 11.9. The van der Waals surface area contributed by atoms with Crippen LogP contribution in [0.1, 0.15) is 24.8 Å². The van der Waals surface area contributed by atoms with Gasteiger partial charge in [-0.25, -0.2) is 0 Å². The average molecular weight is 300 g/mol. The summed E-state index contributed by atoms with van der Waals surface area (Å²) in [5.74, 6) is -0.897. The van der Waals surface area contributed by atoms with Crippen molar-refractivity contribution in [1.82, 2.24) is 4.90 Å². The van der Waals surface area contributed by atoms with E-state index in [4.69, 9.17) is 23.2 Å². The fourth-order valence-electron chi connectivity index (χ4n) is 3.47. The van der Waals surface area contributed by atoms with E-state index in [0.29, 0.717) is 22.6 Å². The van der Waals surface area contributed by atoms with Crippen molar-refractivity contribution in [2.24, 2.45) is 5.92 Å². The fourth-order valence-corrected chi connectivity index (χ4v) is 3.85. The molecule has 0 aliphatic carbocycles. The molecule has 102 valence electrons. The lowest BCUT2D eigenvalue weighted by molar-refractivity contribution is -0.142. The van der Waals surface area contributed by atoms with Crippen LogP contribution in [-0.4, -0.2) is 28.1 Å². The number of benzene rings is 1. The molecular weight excluding hydrogens is 285 g/mol. The number of carboxylic acid groups (broad SMARTS) is 1. The molecule has 0 spiro atoms. The van der Waals surface area contributed by atoms with Gasteiger partial charge in [0, 0.05) is 28.7 Å². The molecule has 2 fully saturated rings. The van der Waals surface area contributed by atoms with E-state index in [0.717, 1.165) is 24.8 Å². The molecule has 2 heterocycles. The first kappa shape index (κ1) is 13.2. The second-order valence-electron chi connectivity index (χ2n) is 5.39. The molecule has 3 atom stereocenters. The summed E-state index contributed by atoms with van der Waals surface area (Å²) < 4.78 is 0. The molecule has 2 aliphatic heterocycles. The van der Waals surface area contributed by atoms with Gasteiger partial charge in [-0.15, -0.1) is 0 Å². The van der Waals surface area contributed by atoms with Crippen molar-refractivity contribution in [1.29, 1.82) is 0 Å². The molecule has 1 N–H and O–H groups in total. The predicted molar refractivity (Wildman–Crippen MR) is 74.6 cm³/mol. The first-order valence-electron chi connectivity index (χ1n) is 6.48. The van der Waals surface area contributed by atoms with Crippen LogP contribution in [0.4, 0.5) is 0 Å². The molecule has 0 radical (unpaired) electrons. The van der Waals surface area contributed by atoms with E-state index in [1.165, 1.54) is 0 Å². The maximum Gasteiger partial charge on any atom is 0.308 e. The largest absolute Gasteiger partial charge is 0.481 e.